The summed E-state index contributed by atoms with van der Waals surface area (Å²) in [5.41, 5.74) is 3.71. The number of hydrogen-bond donors (Lipinski definition) is 2. The van der Waals surface area contributed by atoms with Gasteiger partial charge in [-0.25, -0.2) is 4.79 Å². The molecule has 5 nitrogen and oxygen atoms in total. The number of aryl methyl sites for hydroxylation is 2. The standard InChI is InChI=1S/C23H29N3O2/c1-17-9-10-20(18(2)15-17)25-22(28)26-13-11-23(3,12-14-26)21(27)24-16-19-7-5-4-6-8-19/h4-10,15H,11-14,16H2,1-3H3,(H,24,27)(H,25,28). The molecule has 5 heteroatoms. The van der Waals surface area contributed by atoms with Crippen LogP contribution in [0, 0.1) is 19.3 Å². The van der Waals surface area contributed by atoms with E-state index >= 15 is 0 Å². The highest BCUT2D eigenvalue weighted by atomic mass is 16.2. The minimum atomic E-state index is -0.439. The Bertz CT molecular complexity index is 840. The van der Waals surface area contributed by atoms with E-state index in [4.69, 9.17) is 0 Å². The summed E-state index contributed by atoms with van der Waals surface area (Å²) < 4.78 is 0. The van der Waals surface area contributed by atoms with E-state index in [1.165, 1.54) is 5.56 Å². The van der Waals surface area contributed by atoms with Gasteiger partial charge in [-0.1, -0.05) is 55.0 Å². The van der Waals surface area contributed by atoms with Gasteiger partial charge in [0.1, 0.15) is 0 Å². The van der Waals surface area contributed by atoms with Gasteiger partial charge in [0, 0.05) is 30.7 Å². The number of benzene rings is 2. The average Bonchev–Trinajstić information content (AvgIpc) is 2.69. The lowest BCUT2D eigenvalue weighted by Gasteiger charge is -2.38. The van der Waals surface area contributed by atoms with Crippen LogP contribution in [0.3, 0.4) is 0 Å². The first-order valence-corrected chi connectivity index (χ1v) is 9.83. The zero-order valence-corrected chi connectivity index (χ0v) is 16.9. The Hall–Kier alpha value is -2.82. The summed E-state index contributed by atoms with van der Waals surface area (Å²) in [7, 11) is 0. The van der Waals surface area contributed by atoms with Crippen LogP contribution in [-0.4, -0.2) is 29.9 Å². The van der Waals surface area contributed by atoms with Gasteiger partial charge in [-0.15, -0.1) is 0 Å². The molecule has 3 amide bonds. The zero-order valence-electron chi connectivity index (χ0n) is 16.9. The van der Waals surface area contributed by atoms with Crippen molar-refractivity contribution in [1.82, 2.24) is 10.2 Å². The van der Waals surface area contributed by atoms with Gasteiger partial charge >= 0.3 is 6.03 Å². The molecule has 0 radical (unpaired) electrons. The van der Waals surface area contributed by atoms with Gasteiger partial charge in [0.25, 0.3) is 0 Å². The molecule has 1 aliphatic rings. The van der Waals surface area contributed by atoms with Crippen LogP contribution in [0.1, 0.15) is 36.5 Å². The lowest BCUT2D eigenvalue weighted by atomic mass is 9.79. The predicted molar refractivity (Wildman–Crippen MR) is 112 cm³/mol. The number of anilines is 1. The van der Waals surface area contributed by atoms with Crippen molar-refractivity contribution in [3.63, 3.8) is 0 Å². The molecule has 0 aromatic heterocycles. The predicted octanol–water partition coefficient (Wildman–Crippen LogP) is 4.25. The lowest BCUT2D eigenvalue weighted by molar-refractivity contribution is -0.132. The fraction of sp³-hybridized carbons (Fsp3) is 0.391. The first kappa shape index (κ1) is 19.9. The van der Waals surface area contributed by atoms with E-state index in [-0.39, 0.29) is 11.9 Å². The summed E-state index contributed by atoms with van der Waals surface area (Å²) in [6.45, 7) is 7.71. The quantitative estimate of drug-likeness (QED) is 0.834. The Balaban J connectivity index is 1.52. The number of urea groups is 1. The zero-order chi connectivity index (χ0) is 20.1. The first-order valence-electron chi connectivity index (χ1n) is 9.83. The van der Waals surface area contributed by atoms with Crippen LogP contribution in [0.15, 0.2) is 48.5 Å². The maximum atomic E-state index is 12.7. The molecule has 2 N–H and O–H groups in total. The molecular formula is C23H29N3O2. The number of rotatable bonds is 4. The number of amides is 3. The first-order chi connectivity index (χ1) is 13.4. The number of carbonyl (C=O) groups is 2. The van der Waals surface area contributed by atoms with Gasteiger partial charge in [0.05, 0.1) is 0 Å². The van der Waals surface area contributed by atoms with Crippen molar-refractivity contribution in [1.29, 1.82) is 0 Å². The molecule has 1 heterocycles. The number of carbonyl (C=O) groups excluding carboxylic acids is 2. The Morgan fingerprint density at radius 3 is 2.36 bits per heavy atom. The lowest BCUT2D eigenvalue weighted by Crippen LogP contribution is -2.49. The second-order valence-corrected chi connectivity index (χ2v) is 7.96. The van der Waals surface area contributed by atoms with E-state index in [9.17, 15) is 9.59 Å². The number of nitrogens with one attached hydrogen (secondary N) is 2. The molecule has 0 spiro atoms. The topological polar surface area (TPSA) is 61.4 Å². The molecule has 1 aliphatic heterocycles. The molecule has 0 bridgehead atoms. The largest absolute Gasteiger partial charge is 0.352 e. The van der Waals surface area contributed by atoms with Crippen molar-refractivity contribution >= 4 is 17.6 Å². The molecule has 0 atom stereocenters. The Morgan fingerprint density at radius 2 is 1.71 bits per heavy atom. The average molecular weight is 380 g/mol. The Kier molecular flexibility index (Phi) is 6.02. The second kappa shape index (κ2) is 8.46. The maximum Gasteiger partial charge on any atom is 0.321 e. The third-order valence-corrected chi connectivity index (χ3v) is 5.62. The second-order valence-electron chi connectivity index (χ2n) is 7.96. The van der Waals surface area contributed by atoms with Crippen molar-refractivity contribution < 1.29 is 9.59 Å². The van der Waals surface area contributed by atoms with E-state index in [2.05, 4.69) is 16.7 Å². The van der Waals surface area contributed by atoms with E-state index in [0.29, 0.717) is 32.5 Å². The monoisotopic (exact) mass is 379 g/mol. The number of hydrogen-bond acceptors (Lipinski definition) is 2. The van der Waals surface area contributed by atoms with Gasteiger partial charge in [-0.3, -0.25) is 4.79 Å². The molecular weight excluding hydrogens is 350 g/mol. The van der Waals surface area contributed by atoms with E-state index < -0.39 is 5.41 Å². The minimum absolute atomic E-state index is 0.0609. The summed E-state index contributed by atoms with van der Waals surface area (Å²) in [5, 5.41) is 6.04. The smallest absolute Gasteiger partial charge is 0.321 e. The highest BCUT2D eigenvalue weighted by Crippen LogP contribution is 2.31. The number of nitrogens with zero attached hydrogens (tertiary/aromatic N) is 1. The molecule has 0 aliphatic carbocycles. The van der Waals surface area contributed by atoms with Crippen molar-refractivity contribution in [3.8, 4) is 0 Å². The summed E-state index contributed by atoms with van der Waals surface area (Å²) in [4.78, 5) is 27.1. The summed E-state index contributed by atoms with van der Waals surface area (Å²) >= 11 is 0. The number of likely N-dealkylation sites (tertiary alicyclic amines) is 1. The van der Waals surface area contributed by atoms with Gasteiger partial charge in [-0.2, -0.15) is 0 Å². The molecule has 2 aromatic rings. The van der Waals surface area contributed by atoms with Gasteiger partial charge in [0.2, 0.25) is 5.91 Å². The third-order valence-electron chi connectivity index (χ3n) is 5.62. The van der Waals surface area contributed by atoms with E-state index in [1.807, 2.05) is 63.2 Å². The molecule has 1 fully saturated rings. The highest BCUT2D eigenvalue weighted by molar-refractivity contribution is 5.90. The fourth-order valence-electron chi connectivity index (χ4n) is 3.57. The van der Waals surface area contributed by atoms with Crippen LogP contribution in [-0.2, 0) is 11.3 Å². The third kappa shape index (κ3) is 4.71. The van der Waals surface area contributed by atoms with Crippen molar-refractivity contribution in [2.75, 3.05) is 18.4 Å². The summed E-state index contributed by atoms with van der Waals surface area (Å²) in [5.74, 6) is 0.0609. The van der Waals surface area contributed by atoms with Crippen LogP contribution >= 0.6 is 0 Å². The normalized spacial score (nSPS) is 15.8. The fourth-order valence-corrected chi connectivity index (χ4v) is 3.57. The Labute approximate surface area is 167 Å². The van der Waals surface area contributed by atoms with E-state index in [1.54, 1.807) is 4.90 Å². The SMILES string of the molecule is Cc1ccc(NC(=O)N2CCC(C)(C(=O)NCc3ccccc3)CC2)c(C)c1. The summed E-state index contributed by atoms with van der Waals surface area (Å²) in [6.07, 6.45) is 1.32. The van der Waals surface area contributed by atoms with Gasteiger partial charge in [0.15, 0.2) is 0 Å². The van der Waals surface area contributed by atoms with E-state index in [0.717, 1.165) is 16.8 Å². The van der Waals surface area contributed by atoms with Gasteiger partial charge in [-0.05, 0) is 43.9 Å². The molecule has 28 heavy (non-hydrogen) atoms. The maximum absolute atomic E-state index is 12.7. The minimum Gasteiger partial charge on any atom is -0.352 e. The van der Waals surface area contributed by atoms with Crippen LogP contribution in [0.5, 0.6) is 0 Å². The van der Waals surface area contributed by atoms with Crippen LogP contribution in [0.25, 0.3) is 0 Å². The van der Waals surface area contributed by atoms with Crippen LogP contribution < -0.4 is 10.6 Å². The molecule has 2 aromatic carbocycles. The molecule has 0 saturated carbocycles. The molecule has 3 rings (SSSR count). The van der Waals surface area contributed by atoms with Crippen molar-refractivity contribution in [3.05, 3.63) is 65.2 Å². The van der Waals surface area contributed by atoms with Gasteiger partial charge < -0.3 is 15.5 Å². The number of piperidine rings is 1. The molecule has 1 saturated heterocycles. The van der Waals surface area contributed by atoms with Crippen LogP contribution in [0.2, 0.25) is 0 Å². The Morgan fingerprint density at radius 1 is 1.04 bits per heavy atom. The van der Waals surface area contributed by atoms with Crippen molar-refractivity contribution in [2.45, 2.75) is 40.2 Å². The molecule has 148 valence electrons. The summed E-state index contributed by atoms with van der Waals surface area (Å²) in [6, 6.07) is 15.8. The van der Waals surface area contributed by atoms with Crippen molar-refractivity contribution in [2.24, 2.45) is 5.41 Å². The van der Waals surface area contributed by atoms with Crippen LogP contribution in [0.4, 0.5) is 10.5 Å². The highest BCUT2D eigenvalue weighted by Gasteiger charge is 2.38. The molecule has 0 unspecified atom stereocenters.